The van der Waals surface area contributed by atoms with Gasteiger partial charge in [0.05, 0.1) is 10.6 Å². The lowest BCUT2D eigenvalue weighted by molar-refractivity contribution is 0.101. The maximum Gasteiger partial charge on any atom is 0.177 e. The molecule has 22 heavy (non-hydrogen) atoms. The van der Waals surface area contributed by atoms with E-state index in [1.54, 1.807) is 12.1 Å². The lowest BCUT2D eigenvalue weighted by Gasteiger charge is -2.35. The molecule has 0 saturated heterocycles. The van der Waals surface area contributed by atoms with Gasteiger partial charge in [-0.3, -0.25) is 4.79 Å². The van der Waals surface area contributed by atoms with Crippen molar-refractivity contribution in [3.8, 4) is 0 Å². The summed E-state index contributed by atoms with van der Waals surface area (Å²) in [6.45, 7) is 5.93. The van der Waals surface area contributed by atoms with Crippen molar-refractivity contribution in [2.45, 2.75) is 51.0 Å². The van der Waals surface area contributed by atoms with Crippen molar-refractivity contribution < 1.29 is 13.2 Å². The highest BCUT2D eigenvalue weighted by Crippen LogP contribution is 2.33. The fraction of sp³-hybridized carbons (Fsp3) is 0.588. The largest absolute Gasteiger partial charge is 0.381 e. The standard InChI is InChI=1S/C17H25NO3S/c1-11-6-5-7-15(12(11)2)18-16-10-14(13(3)19)8-9-17(16)22(4,20)21/h8-12,15,18H,5-7H2,1-4H3. The number of nitrogens with one attached hydrogen (secondary N) is 1. The molecule has 0 heterocycles. The molecular weight excluding hydrogens is 298 g/mol. The van der Waals surface area contributed by atoms with Crippen LogP contribution < -0.4 is 5.32 Å². The minimum absolute atomic E-state index is 0.0619. The van der Waals surface area contributed by atoms with Crippen molar-refractivity contribution in [1.82, 2.24) is 0 Å². The molecule has 5 heteroatoms. The molecule has 0 amide bonds. The van der Waals surface area contributed by atoms with Crippen LogP contribution in [0.2, 0.25) is 0 Å². The van der Waals surface area contributed by atoms with Gasteiger partial charge >= 0.3 is 0 Å². The zero-order valence-corrected chi connectivity index (χ0v) is 14.5. The van der Waals surface area contributed by atoms with Gasteiger partial charge in [-0.2, -0.15) is 0 Å². The Labute approximate surface area is 133 Å². The number of rotatable bonds is 4. The molecule has 0 aliphatic heterocycles. The zero-order valence-electron chi connectivity index (χ0n) is 13.7. The Bertz CT molecular complexity index is 666. The second-order valence-corrected chi connectivity index (χ2v) is 8.54. The predicted molar refractivity (Wildman–Crippen MR) is 89.1 cm³/mol. The second-order valence-electron chi connectivity index (χ2n) is 6.56. The van der Waals surface area contributed by atoms with Crippen LogP contribution in [0, 0.1) is 11.8 Å². The van der Waals surface area contributed by atoms with Crippen LogP contribution in [-0.4, -0.2) is 26.5 Å². The van der Waals surface area contributed by atoms with Crippen LogP contribution in [0.3, 0.4) is 0 Å². The second kappa shape index (κ2) is 6.41. The Morgan fingerprint density at radius 3 is 2.50 bits per heavy atom. The number of carbonyl (C=O) groups is 1. The molecule has 3 unspecified atom stereocenters. The van der Waals surface area contributed by atoms with Crippen LogP contribution in [0.5, 0.6) is 0 Å². The molecule has 0 radical (unpaired) electrons. The molecule has 1 fully saturated rings. The van der Waals surface area contributed by atoms with Crippen molar-refractivity contribution in [1.29, 1.82) is 0 Å². The number of ketones is 1. The molecule has 0 bridgehead atoms. The van der Waals surface area contributed by atoms with E-state index in [2.05, 4.69) is 19.2 Å². The number of Topliss-reactive ketones (excluding diaryl/α,β-unsaturated/α-hetero) is 1. The third-order valence-corrected chi connectivity index (χ3v) is 5.99. The Morgan fingerprint density at radius 1 is 1.23 bits per heavy atom. The Kier molecular flexibility index (Phi) is 4.95. The highest BCUT2D eigenvalue weighted by molar-refractivity contribution is 7.90. The van der Waals surface area contributed by atoms with Gasteiger partial charge in [-0.25, -0.2) is 8.42 Å². The molecule has 1 aliphatic carbocycles. The van der Waals surface area contributed by atoms with E-state index >= 15 is 0 Å². The minimum atomic E-state index is -3.33. The summed E-state index contributed by atoms with van der Waals surface area (Å²) in [7, 11) is -3.33. The Hall–Kier alpha value is -1.36. The fourth-order valence-electron chi connectivity index (χ4n) is 3.17. The van der Waals surface area contributed by atoms with E-state index in [0.29, 0.717) is 23.1 Å². The summed E-state index contributed by atoms with van der Waals surface area (Å²) in [6.07, 6.45) is 4.59. The van der Waals surface area contributed by atoms with Crippen LogP contribution in [0.15, 0.2) is 23.1 Å². The summed E-state index contributed by atoms with van der Waals surface area (Å²) in [5.41, 5.74) is 1.09. The molecule has 1 saturated carbocycles. The summed E-state index contributed by atoms with van der Waals surface area (Å²) in [5.74, 6) is 1.03. The van der Waals surface area contributed by atoms with Gasteiger partial charge in [0.1, 0.15) is 0 Å². The average Bonchev–Trinajstić information content (AvgIpc) is 2.42. The van der Waals surface area contributed by atoms with Crippen LogP contribution in [-0.2, 0) is 9.84 Å². The van der Waals surface area contributed by atoms with Gasteiger partial charge in [0.2, 0.25) is 0 Å². The van der Waals surface area contributed by atoms with Gasteiger partial charge in [0.25, 0.3) is 0 Å². The first-order chi connectivity index (χ1) is 10.2. The molecule has 122 valence electrons. The Morgan fingerprint density at radius 2 is 1.91 bits per heavy atom. The van der Waals surface area contributed by atoms with Gasteiger partial charge in [0.15, 0.2) is 15.6 Å². The molecule has 1 aromatic rings. The van der Waals surface area contributed by atoms with Gasteiger partial charge in [0, 0.05) is 17.9 Å². The lowest BCUT2D eigenvalue weighted by Crippen LogP contribution is -2.35. The number of benzene rings is 1. The van der Waals surface area contributed by atoms with Crippen LogP contribution in [0.1, 0.15) is 50.4 Å². The zero-order chi connectivity index (χ0) is 16.5. The summed E-state index contributed by atoms with van der Waals surface area (Å²) < 4.78 is 24.0. The quantitative estimate of drug-likeness (QED) is 0.861. The number of hydrogen-bond donors (Lipinski definition) is 1. The summed E-state index contributed by atoms with van der Waals surface area (Å²) in [6, 6.07) is 5.03. The van der Waals surface area contributed by atoms with Gasteiger partial charge in [-0.05, 0) is 43.4 Å². The summed E-state index contributed by atoms with van der Waals surface area (Å²) in [5, 5.41) is 3.40. The van der Waals surface area contributed by atoms with Crippen molar-refractivity contribution >= 4 is 21.3 Å². The van der Waals surface area contributed by atoms with Gasteiger partial charge in [-0.1, -0.05) is 26.7 Å². The molecule has 1 N–H and O–H groups in total. The third kappa shape index (κ3) is 3.69. The first-order valence-corrected chi connectivity index (χ1v) is 9.71. The SMILES string of the molecule is CC(=O)c1ccc(S(C)(=O)=O)c(NC2CCCC(C)C2C)c1. The minimum Gasteiger partial charge on any atom is -0.381 e. The van der Waals surface area contributed by atoms with E-state index in [-0.39, 0.29) is 16.7 Å². The van der Waals surface area contributed by atoms with Crippen molar-refractivity contribution in [2.24, 2.45) is 11.8 Å². The van der Waals surface area contributed by atoms with Crippen LogP contribution in [0.4, 0.5) is 5.69 Å². The van der Waals surface area contributed by atoms with E-state index in [9.17, 15) is 13.2 Å². The maximum atomic E-state index is 12.0. The van der Waals surface area contributed by atoms with Crippen molar-refractivity contribution in [2.75, 3.05) is 11.6 Å². The molecular formula is C17H25NO3S. The van der Waals surface area contributed by atoms with Crippen molar-refractivity contribution in [3.05, 3.63) is 23.8 Å². The van der Waals surface area contributed by atoms with Gasteiger partial charge < -0.3 is 5.32 Å². The van der Waals surface area contributed by atoms with Gasteiger partial charge in [-0.15, -0.1) is 0 Å². The Balaban J connectivity index is 2.39. The topological polar surface area (TPSA) is 63.2 Å². The normalized spacial score (nSPS) is 25.7. The number of carbonyl (C=O) groups excluding carboxylic acids is 1. The molecule has 0 spiro atoms. The maximum absolute atomic E-state index is 12.0. The molecule has 1 aliphatic rings. The highest BCUT2D eigenvalue weighted by Gasteiger charge is 2.28. The van der Waals surface area contributed by atoms with Crippen molar-refractivity contribution in [3.63, 3.8) is 0 Å². The number of sulfone groups is 1. The molecule has 4 nitrogen and oxygen atoms in total. The summed E-state index contributed by atoms with van der Waals surface area (Å²) in [4.78, 5) is 11.9. The van der Waals surface area contributed by atoms with Crippen LogP contribution >= 0.6 is 0 Å². The fourth-order valence-corrected chi connectivity index (χ4v) is 4.00. The lowest BCUT2D eigenvalue weighted by atomic mass is 9.78. The average molecular weight is 323 g/mol. The van der Waals surface area contributed by atoms with E-state index in [1.807, 2.05) is 0 Å². The van der Waals surface area contributed by atoms with E-state index < -0.39 is 9.84 Å². The van der Waals surface area contributed by atoms with Crippen LogP contribution in [0.25, 0.3) is 0 Å². The smallest absolute Gasteiger partial charge is 0.177 e. The first-order valence-electron chi connectivity index (χ1n) is 7.81. The molecule has 0 aromatic heterocycles. The third-order valence-electron chi connectivity index (χ3n) is 4.83. The van der Waals surface area contributed by atoms with E-state index in [4.69, 9.17) is 0 Å². The number of anilines is 1. The number of hydrogen-bond acceptors (Lipinski definition) is 4. The molecule has 1 aromatic carbocycles. The van der Waals surface area contributed by atoms with E-state index in [1.165, 1.54) is 25.7 Å². The monoisotopic (exact) mass is 323 g/mol. The molecule has 2 rings (SSSR count). The highest BCUT2D eigenvalue weighted by atomic mass is 32.2. The summed E-state index contributed by atoms with van der Waals surface area (Å²) >= 11 is 0. The molecule has 3 atom stereocenters. The predicted octanol–water partition coefficient (Wildman–Crippen LogP) is 3.53. The van der Waals surface area contributed by atoms with E-state index in [0.717, 1.165) is 12.8 Å². The first kappa shape index (κ1) is 17.0.